The van der Waals surface area contributed by atoms with Gasteiger partial charge in [0.2, 0.25) is 0 Å². The fourth-order valence-electron chi connectivity index (χ4n) is 2.22. The van der Waals surface area contributed by atoms with Crippen LogP contribution in [0.15, 0.2) is 30.6 Å². The summed E-state index contributed by atoms with van der Waals surface area (Å²) in [6.45, 7) is 3.55. The molecule has 0 saturated heterocycles. The summed E-state index contributed by atoms with van der Waals surface area (Å²) in [5, 5.41) is 9.35. The summed E-state index contributed by atoms with van der Waals surface area (Å²) < 4.78 is 7.17. The number of likely N-dealkylation sites (N-methyl/N-ethyl adjacent to an activating group) is 1. The summed E-state index contributed by atoms with van der Waals surface area (Å²) in [7, 11) is 3.75. The van der Waals surface area contributed by atoms with Crippen LogP contribution in [0.3, 0.4) is 0 Å². The zero-order valence-corrected chi connectivity index (χ0v) is 11.6. The van der Waals surface area contributed by atoms with Crippen LogP contribution < -0.4 is 0 Å². The van der Waals surface area contributed by atoms with E-state index in [1.54, 1.807) is 7.11 Å². The molecule has 0 N–H and O–H groups in total. The molecular weight excluding hydrogens is 238 g/mol. The van der Waals surface area contributed by atoms with Gasteiger partial charge in [-0.15, -0.1) is 0 Å². The van der Waals surface area contributed by atoms with Gasteiger partial charge in [-0.3, -0.25) is 4.90 Å². The first kappa shape index (κ1) is 13.6. The lowest BCUT2D eigenvalue weighted by Gasteiger charge is -2.23. The molecular formula is C15H19N3O. The van der Waals surface area contributed by atoms with E-state index in [-0.39, 0.29) is 0 Å². The van der Waals surface area contributed by atoms with E-state index in [0.717, 1.165) is 23.2 Å². The summed E-state index contributed by atoms with van der Waals surface area (Å²) in [6, 6.07) is 8.53. The summed E-state index contributed by atoms with van der Waals surface area (Å²) in [5.41, 5.74) is 2.78. The first-order valence-electron chi connectivity index (χ1n) is 6.35. The molecule has 0 aliphatic heterocycles. The number of fused-ring (bicyclic) bond motifs is 1. The molecule has 2 aromatic heterocycles. The number of hydrogen-bond acceptors (Lipinski definition) is 3. The molecule has 2 rings (SSSR count). The third-order valence-corrected chi connectivity index (χ3v) is 3.45. The quantitative estimate of drug-likeness (QED) is 0.825. The number of nitrogens with zero attached hydrogens (tertiary/aromatic N) is 3. The highest BCUT2D eigenvalue weighted by Gasteiger charge is 2.15. The zero-order valence-electron chi connectivity index (χ0n) is 11.6. The number of rotatable bonds is 5. The van der Waals surface area contributed by atoms with Gasteiger partial charge >= 0.3 is 0 Å². The van der Waals surface area contributed by atoms with E-state index in [1.165, 1.54) is 0 Å². The molecule has 0 fully saturated rings. The normalized spacial score (nSPS) is 12.8. The van der Waals surface area contributed by atoms with Gasteiger partial charge in [0.25, 0.3) is 0 Å². The Bertz CT molecular complexity index is 597. The molecule has 0 aromatic carbocycles. The van der Waals surface area contributed by atoms with Gasteiger partial charge in [0.15, 0.2) is 0 Å². The Hall–Kier alpha value is -1.83. The van der Waals surface area contributed by atoms with Crippen molar-refractivity contribution in [3.63, 3.8) is 0 Å². The summed E-state index contributed by atoms with van der Waals surface area (Å²) in [4.78, 5) is 2.19. The summed E-state index contributed by atoms with van der Waals surface area (Å²) in [5.74, 6) is 0. The van der Waals surface area contributed by atoms with E-state index in [9.17, 15) is 5.26 Å². The SMILES string of the molecule is COC[C@@H](C)N(C)Cc1cn2ccccc2c1C#N. The van der Waals surface area contributed by atoms with Gasteiger partial charge in [-0.1, -0.05) is 6.07 Å². The standard InChI is InChI=1S/C15H19N3O/c1-12(11-19-3)17(2)9-13-10-18-7-5-4-6-15(18)14(13)8-16/h4-7,10,12H,9,11H2,1-3H3/t12-/m1/s1. The maximum Gasteiger partial charge on any atom is 0.102 e. The molecule has 0 unspecified atom stereocenters. The molecule has 4 nitrogen and oxygen atoms in total. The Balaban J connectivity index is 2.28. The van der Waals surface area contributed by atoms with E-state index in [4.69, 9.17) is 4.74 Å². The van der Waals surface area contributed by atoms with Gasteiger partial charge in [-0.25, -0.2) is 0 Å². The zero-order chi connectivity index (χ0) is 13.8. The van der Waals surface area contributed by atoms with Crippen molar-refractivity contribution in [3.8, 4) is 6.07 Å². The molecule has 0 saturated carbocycles. The predicted molar refractivity (Wildman–Crippen MR) is 74.9 cm³/mol. The third kappa shape index (κ3) is 2.78. The Morgan fingerprint density at radius 3 is 2.95 bits per heavy atom. The first-order valence-corrected chi connectivity index (χ1v) is 6.35. The minimum absolute atomic E-state index is 0.319. The fraction of sp³-hybridized carbons (Fsp3) is 0.400. The Kier molecular flexibility index (Phi) is 4.20. The molecule has 1 atom stereocenters. The van der Waals surface area contributed by atoms with Crippen LogP contribution in [0.1, 0.15) is 18.1 Å². The number of hydrogen-bond donors (Lipinski definition) is 0. The molecule has 100 valence electrons. The van der Waals surface area contributed by atoms with Crippen molar-refractivity contribution >= 4 is 5.52 Å². The minimum Gasteiger partial charge on any atom is -0.383 e. The lowest BCUT2D eigenvalue weighted by atomic mass is 10.1. The lowest BCUT2D eigenvalue weighted by molar-refractivity contribution is 0.112. The molecule has 0 radical (unpaired) electrons. The minimum atomic E-state index is 0.319. The number of pyridine rings is 1. The number of nitriles is 1. The van der Waals surface area contributed by atoms with Crippen LogP contribution in [0.25, 0.3) is 5.52 Å². The van der Waals surface area contributed by atoms with E-state index in [0.29, 0.717) is 12.6 Å². The van der Waals surface area contributed by atoms with E-state index in [1.807, 2.05) is 42.0 Å². The lowest BCUT2D eigenvalue weighted by Crippen LogP contribution is -2.32. The van der Waals surface area contributed by atoms with Crippen molar-refractivity contribution in [3.05, 3.63) is 41.7 Å². The Labute approximate surface area is 113 Å². The highest BCUT2D eigenvalue weighted by atomic mass is 16.5. The van der Waals surface area contributed by atoms with E-state index in [2.05, 4.69) is 17.9 Å². The molecule has 0 bridgehead atoms. The Morgan fingerprint density at radius 1 is 1.47 bits per heavy atom. The van der Waals surface area contributed by atoms with Crippen molar-refractivity contribution in [2.75, 3.05) is 20.8 Å². The molecule has 0 aliphatic carbocycles. The number of aromatic nitrogens is 1. The molecule has 19 heavy (non-hydrogen) atoms. The second kappa shape index (κ2) is 5.87. The van der Waals surface area contributed by atoms with Gasteiger partial charge < -0.3 is 9.14 Å². The van der Waals surface area contributed by atoms with E-state index >= 15 is 0 Å². The second-order valence-electron chi connectivity index (χ2n) is 4.85. The van der Waals surface area contributed by atoms with Crippen LogP contribution >= 0.6 is 0 Å². The van der Waals surface area contributed by atoms with Crippen LogP contribution in [-0.2, 0) is 11.3 Å². The van der Waals surface area contributed by atoms with Gasteiger partial charge in [-0.2, -0.15) is 5.26 Å². The van der Waals surface area contributed by atoms with Crippen molar-refractivity contribution in [2.24, 2.45) is 0 Å². The predicted octanol–water partition coefficient (Wildman–Crippen LogP) is 2.28. The second-order valence-corrected chi connectivity index (χ2v) is 4.85. The highest BCUT2D eigenvalue weighted by Crippen LogP contribution is 2.19. The van der Waals surface area contributed by atoms with E-state index < -0.39 is 0 Å². The number of methoxy groups -OCH3 is 1. The first-order chi connectivity index (χ1) is 9.17. The highest BCUT2D eigenvalue weighted by molar-refractivity contribution is 5.65. The molecule has 2 heterocycles. The van der Waals surface area contributed by atoms with Crippen LogP contribution in [0.5, 0.6) is 0 Å². The van der Waals surface area contributed by atoms with Crippen molar-refractivity contribution < 1.29 is 4.74 Å². The maximum absolute atomic E-state index is 9.35. The van der Waals surface area contributed by atoms with Gasteiger partial charge in [0.1, 0.15) is 6.07 Å². The van der Waals surface area contributed by atoms with Gasteiger partial charge in [-0.05, 0) is 26.1 Å². The maximum atomic E-state index is 9.35. The van der Waals surface area contributed by atoms with Crippen molar-refractivity contribution in [2.45, 2.75) is 19.5 Å². The van der Waals surface area contributed by atoms with Crippen LogP contribution in [0.2, 0.25) is 0 Å². The molecule has 2 aromatic rings. The van der Waals surface area contributed by atoms with Crippen molar-refractivity contribution in [1.82, 2.24) is 9.30 Å². The largest absolute Gasteiger partial charge is 0.383 e. The average Bonchev–Trinajstić information content (AvgIpc) is 2.75. The summed E-state index contributed by atoms with van der Waals surface area (Å²) >= 11 is 0. The number of ether oxygens (including phenoxy) is 1. The average molecular weight is 257 g/mol. The topological polar surface area (TPSA) is 40.7 Å². The molecule has 0 spiro atoms. The van der Waals surface area contributed by atoms with Crippen LogP contribution in [-0.4, -0.2) is 36.1 Å². The van der Waals surface area contributed by atoms with Gasteiger partial charge in [0, 0.05) is 37.7 Å². The summed E-state index contributed by atoms with van der Waals surface area (Å²) in [6.07, 6.45) is 4.00. The van der Waals surface area contributed by atoms with Crippen LogP contribution in [0, 0.1) is 11.3 Å². The molecule has 0 amide bonds. The molecule has 0 aliphatic rings. The monoisotopic (exact) mass is 257 g/mol. The van der Waals surface area contributed by atoms with Crippen molar-refractivity contribution in [1.29, 1.82) is 5.26 Å². The molecule has 4 heteroatoms. The smallest absolute Gasteiger partial charge is 0.102 e. The Morgan fingerprint density at radius 2 is 2.26 bits per heavy atom. The fourth-order valence-corrected chi connectivity index (χ4v) is 2.22. The third-order valence-electron chi connectivity index (χ3n) is 3.45. The van der Waals surface area contributed by atoms with Crippen LogP contribution in [0.4, 0.5) is 0 Å². The van der Waals surface area contributed by atoms with Gasteiger partial charge in [0.05, 0.1) is 17.7 Å².